The molecule has 0 bridgehead atoms. The van der Waals surface area contributed by atoms with Crippen molar-refractivity contribution < 1.29 is 14.3 Å². The number of nitrogens with one attached hydrogen (secondary N) is 1. The predicted octanol–water partition coefficient (Wildman–Crippen LogP) is 2.43. The van der Waals surface area contributed by atoms with Crippen LogP contribution < -0.4 is 5.73 Å². The van der Waals surface area contributed by atoms with Crippen LogP contribution in [0, 0.1) is 6.92 Å². The standard InChI is InChI=1S/C15H16BrN3O3/c1-3-11-12(19-8(2)18-11)15(21)22-13(14(17)20)9-5-4-6-10(16)7-9/h4-7,13H,3H2,1-2H3,(H2,17,20)(H,18,19). The number of H-pyrrole nitrogens is 1. The van der Waals surface area contributed by atoms with Crippen LogP contribution in [0.1, 0.15) is 40.6 Å². The van der Waals surface area contributed by atoms with E-state index in [2.05, 4.69) is 25.9 Å². The van der Waals surface area contributed by atoms with Crippen molar-refractivity contribution in [3.8, 4) is 0 Å². The first-order valence-corrected chi connectivity index (χ1v) is 7.53. The average molecular weight is 366 g/mol. The molecule has 1 atom stereocenters. The van der Waals surface area contributed by atoms with Crippen molar-refractivity contribution in [3.63, 3.8) is 0 Å². The summed E-state index contributed by atoms with van der Waals surface area (Å²) in [7, 11) is 0. The van der Waals surface area contributed by atoms with E-state index in [1.54, 1.807) is 31.2 Å². The number of esters is 1. The molecule has 2 rings (SSSR count). The zero-order valence-electron chi connectivity index (χ0n) is 12.2. The van der Waals surface area contributed by atoms with Crippen LogP contribution >= 0.6 is 15.9 Å². The Bertz CT molecular complexity index is 712. The zero-order valence-corrected chi connectivity index (χ0v) is 13.8. The van der Waals surface area contributed by atoms with E-state index >= 15 is 0 Å². The molecule has 7 heteroatoms. The van der Waals surface area contributed by atoms with Gasteiger partial charge in [-0.2, -0.15) is 0 Å². The number of nitrogens with zero attached hydrogens (tertiary/aromatic N) is 1. The fourth-order valence-electron chi connectivity index (χ4n) is 2.09. The number of aromatic amines is 1. The van der Waals surface area contributed by atoms with Gasteiger partial charge in [0.15, 0.2) is 5.69 Å². The molecule has 1 aromatic carbocycles. The van der Waals surface area contributed by atoms with E-state index in [9.17, 15) is 9.59 Å². The summed E-state index contributed by atoms with van der Waals surface area (Å²) in [6, 6.07) is 6.89. The number of ether oxygens (including phenoxy) is 1. The van der Waals surface area contributed by atoms with Gasteiger partial charge in [0.2, 0.25) is 6.10 Å². The van der Waals surface area contributed by atoms with E-state index in [4.69, 9.17) is 10.5 Å². The lowest BCUT2D eigenvalue weighted by atomic mass is 10.1. The molecule has 116 valence electrons. The summed E-state index contributed by atoms with van der Waals surface area (Å²) >= 11 is 3.31. The van der Waals surface area contributed by atoms with Crippen molar-refractivity contribution in [1.29, 1.82) is 0 Å². The lowest BCUT2D eigenvalue weighted by Crippen LogP contribution is -2.26. The Morgan fingerprint density at radius 3 is 2.77 bits per heavy atom. The Balaban J connectivity index is 2.28. The maximum atomic E-state index is 12.3. The SMILES string of the molecule is CCc1[nH]c(C)nc1C(=O)OC(C(N)=O)c1cccc(Br)c1. The first kappa shape index (κ1) is 16.2. The van der Waals surface area contributed by atoms with Crippen molar-refractivity contribution in [1.82, 2.24) is 9.97 Å². The highest BCUT2D eigenvalue weighted by Gasteiger charge is 2.26. The van der Waals surface area contributed by atoms with E-state index in [0.717, 1.165) is 4.47 Å². The third kappa shape index (κ3) is 3.54. The molecule has 22 heavy (non-hydrogen) atoms. The number of aromatic nitrogens is 2. The molecule has 1 unspecified atom stereocenters. The molecule has 0 spiro atoms. The molecule has 0 aliphatic heterocycles. The number of imidazole rings is 1. The molecular weight excluding hydrogens is 350 g/mol. The minimum Gasteiger partial charge on any atom is -0.443 e. The van der Waals surface area contributed by atoms with Gasteiger partial charge in [0, 0.05) is 15.7 Å². The normalized spacial score (nSPS) is 12.0. The Kier molecular flexibility index (Phi) is 4.97. The van der Waals surface area contributed by atoms with E-state index in [-0.39, 0.29) is 5.69 Å². The number of primary amides is 1. The number of nitrogens with two attached hydrogens (primary N) is 1. The quantitative estimate of drug-likeness (QED) is 0.794. The molecule has 3 N–H and O–H groups in total. The molecule has 0 fully saturated rings. The van der Waals surface area contributed by atoms with Crippen LogP contribution in [-0.4, -0.2) is 21.8 Å². The molecule has 1 heterocycles. The van der Waals surface area contributed by atoms with Crippen molar-refractivity contribution >= 4 is 27.8 Å². The average Bonchev–Trinajstić information content (AvgIpc) is 2.85. The Hall–Kier alpha value is -2.15. The lowest BCUT2D eigenvalue weighted by molar-refractivity contribution is -0.127. The number of benzene rings is 1. The molecule has 0 aliphatic carbocycles. The summed E-state index contributed by atoms with van der Waals surface area (Å²) in [4.78, 5) is 31.0. The number of carbonyl (C=O) groups is 2. The summed E-state index contributed by atoms with van der Waals surface area (Å²) in [5, 5.41) is 0. The van der Waals surface area contributed by atoms with Gasteiger partial charge >= 0.3 is 5.97 Å². The zero-order chi connectivity index (χ0) is 16.3. The smallest absolute Gasteiger partial charge is 0.359 e. The van der Waals surface area contributed by atoms with Gasteiger partial charge in [-0.15, -0.1) is 0 Å². The minimum absolute atomic E-state index is 0.182. The van der Waals surface area contributed by atoms with Crippen LogP contribution in [0.15, 0.2) is 28.7 Å². The summed E-state index contributed by atoms with van der Waals surface area (Å²) in [6.45, 7) is 3.64. The van der Waals surface area contributed by atoms with Crippen LogP contribution in [-0.2, 0) is 16.0 Å². The van der Waals surface area contributed by atoms with Crippen molar-refractivity contribution in [2.24, 2.45) is 5.73 Å². The Morgan fingerprint density at radius 1 is 1.45 bits per heavy atom. The largest absolute Gasteiger partial charge is 0.443 e. The van der Waals surface area contributed by atoms with E-state index in [0.29, 0.717) is 23.5 Å². The molecule has 0 saturated carbocycles. The maximum Gasteiger partial charge on any atom is 0.359 e. The highest BCUT2D eigenvalue weighted by Crippen LogP contribution is 2.23. The molecule has 2 aromatic rings. The molecule has 0 radical (unpaired) electrons. The van der Waals surface area contributed by atoms with Crippen LogP contribution in [0.3, 0.4) is 0 Å². The van der Waals surface area contributed by atoms with Gasteiger partial charge in [-0.05, 0) is 25.5 Å². The van der Waals surface area contributed by atoms with Gasteiger partial charge in [0.05, 0.1) is 0 Å². The van der Waals surface area contributed by atoms with Crippen molar-refractivity contribution in [2.45, 2.75) is 26.4 Å². The summed E-state index contributed by atoms with van der Waals surface area (Å²) in [5.74, 6) is -0.802. The second-order valence-electron chi connectivity index (χ2n) is 4.75. The minimum atomic E-state index is -1.16. The number of aryl methyl sites for hydroxylation is 2. The Labute approximate surface area is 136 Å². The predicted molar refractivity (Wildman–Crippen MR) is 84.2 cm³/mol. The van der Waals surface area contributed by atoms with Gasteiger partial charge in [0.1, 0.15) is 5.82 Å². The number of halogens is 1. The van der Waals surface area contributed by atoms with Gasteiger partial charge < -0.3 is 15.5 Å². The fourth-order valence-corrected chi connectivity index (χ4v) is 2.51. The monoisotopic (exact) mass is 365 g/mol. The number of hydrogen-bond acceptors (Lipinski definition) is 4. The van der Waals surface area contributed by atoms with E-state index in [1.165, 1.54) is 0 Å². The third-order valence-electron chi connectivity index (χ3n) is 3.08. The molecule has 0 aliphatic rings. The van der Waals surface area contributed by atoms with Crippen LogP contribution in [0.4, 0.5) is 0 Å². The first-order chi connectivity index (χ1) is 10.4. The van der Waals surface area contributed by atoms with Gasteiger partial charge in [-0.3, -0.25) is 4.79 Å². The third-order valence-corrected chi connectivity index (χ3v) is 3.57. The summed E-state index contributed by atoms with van der Waals surface area (Å²) in [6.07, 6.45) is -0.560. The number of carbonyl (C=O) groups excluding carboxylic acids is 2. The van der Waals surface area contributed by atoms with Gasteiger partial charge in [-0.25, -0.2) is 9.78 Å². The lowest BCUT2D eigenvalue weighted by Gasteiger charge is -2.15. The van der Waals surface area contributed by atoms with Gasteiger partial charge in [0.25, 0.3) is 5.91 Å². The highest BCUT2D eigenvalue weighted by molar-refractivity contribution is 9.10. The molecular formula is C15H16BrN3O3. The molecule has 6 nitrogen and oxygen atoms in total. The topological polar surface area (TPSA) is 98.1 Å². The molecule has 1 amide bonds. The first-order valence-electron chi connectivity index (χ1n) is 6.73. The molecule has 0 saturated heterocycles. The molecule has 1 aromatic heterocycles. The second-order valence-corrected chi connectivity index (χ2v) is 5.66. The van der Waals surface area contributed by atoms with Gasteiger partial charge in [-0.1, -0.05) is 35.0 Å². The highest BCUT2D eigenvalue weighted by atomic mass is 79.9. The summed E-state index contributed by atoms with van der Waals surface area (Å²) in [5.41, 5.74) is 6.71. The van der Waals surface area contributed by atoms with Crippen molar-refractivity contribution in [2.75, 3.05) is 0 Å². The second kappa shape index (κ2) is 6.74. The van der Waals surface area contributed by atoms with Crippen LogP contribution in [0.25, 0.3) is 0 Å². The number of amides is 1. The van der Waals surface area contributed by atoms with E-state index < -0.39 is 18.0 Å². The maximum absolute atomic E-state index is 12.3. The number of hydrogen-bond donors (Lipinski definition) is 2. The number of rotatable bonds is 5. The van der Waals surface area contributed by atoms with Crippen molar-refractivity contribution in [3.05, 3.63) is 51.5 Å². The van der Waals surface area contributed by atoms with Crippen LogP contribution in [0.5, 0.6) is 0 Å². The van der Waals surface area contributed by atoms with E-state index in [1.807, 2.05) is 6.92 Å². The Morgan fingerprint density at radius 2 is 2.18 bits per heavy atom. The summed E-state index contributed by atoms with van der Waals surface area (Å²) < 4.78 is 6.04. The van der Waals surface area contributed by atoms with Crippen LogP contribution in [0.2, 0.25) is 0 Å². The fraction of sp³-hybridized carbons (Fsp3) is 0.267.